The molecule has 0 aliphatic carbocycles. The molecule has 0 fully saturated rings. The number of hydrogen-bond donors (Lipinski definition) is 3. The van der Waals surface area contributed by atoms with Gasteiger partial charge in [0.15, 0.2) is 0 Å². The van der Waals surface area contributed by atoms with Crippen LogP contribution in [0, 0.1) is 0 Å². The fourth-order valence-corrected chi connectivity index (χ4v) is 3.09. The Hall–Kier alpha value is -2.87. The van der Waals surface area contributed by atoms with Gasteiger partial charge in [0, 0.05) is 18.0 Å². The van der Waals surface area contributed by atoms with Crippen molar-refractivity contribution in [2.24, 2.45) is 5.73 Å². The Morgan fingerprint density at radius 2 is 2.04 bits per heavy atom. The molecule has 4 N–H and O–H groups in total. The summed E-state index contributed by atoms with van der Waals surface area (Å²) in [5.41, 5.74) is 7.96. The molecule has 0 spiro atoms. The fourth-order valence-electron chi connectivity index (χ4n) is 2.62. The molecule has 2 aromatic heterocycles. The number of para-hydroxylation sites is 1. The molecule has 7 nitrogen and oxygen atoms in total. The molecule has 0 aliphatic rings. The van der Waals surface area contributed by atoms with Gasteiger partial charge in [0.2, 0.25) is 5.91 Å². The maximum Gasteiger partial charge on any atom is 0.254 e. The summed E-state index contributed by atoms with van der Waals surface area (Å²) in [5.74, 6) is 0.469. The monoisotopic (exact) mass is 369 g/mol. The first-order chi connectivity index (χ1) is 12.6. The second kappa shape index (κ2) is 8.01. The van der Waals surface area contributed by atoms with Crippen LogP contribution < -0.4 is 11.1 Å². The van der Waals surface area contributed by atoms with Crippen molar-refractivity contribution in [3.05, 3.63) is 48.3 Å². The molecular formula is C18H19N5O2S. The standard InChI is InChI=1S/C18H19N5O2S/c1-26-10-7-14(16(19)24)22-18(25)12-3-2-4-13-15(12)23-17(21-13)11-5-8-20-9-6-11/h2-6,8-9,14H,7,10H2,1H3,(H2,19,24)(H,21,23)(H,22,25). The smallest absolute Gasteiger partial charge is 0.254 e. The van der Waals surface area contributed by atoms with E-state index in [1.165, 1.54) is 0 Å². The number of amides is 2. The van der Waals surface area contributed by atoms with Gasteiger partial charge < -0.3 is 16.0 Å². The number of aromatic nitrogens is 3. The maximum atomic E-state index is 12.7. The molecule has 134 valence electrons. The second-order valence-electron chi connectivity index (χ2n) is 5.73. The average Bonchev–Trinajstić information content (AvgIpc) is 3.09. The number of hydrogen-bond acceptors (Lipinski definition) is 5. The molecule has 1 aromatic carbocycles. The van der Waals surface area contributed by atoms with Crippen molar-refractivity contribution in [3.63, 3.8) is 0 Å². The molecule has 2 heterocycles. The van der Waals surface area contributed by atoms with Crippen molar-refractivity contribution in [3.8, 4) is 11.4 Å². The number of pyridine rings is 1. The molecule has 3 aromatic rings. The number of rotatable bonds is 7. The highest BCUT2D eigenvalue weighted by Gasteiger charge is 2.21. The summed E-state index contributed by atoms with van der Waals surface area (Å²) >= 11 is 1.59. The summed E-state index contributed by atoms with van der Waals surface area (Å²) < 4.78 is 0. The number of fused-ring (bicyclic) bond motifs is 1. The van der Waals surface area contributed by atoms with E-state index < -0.39 is 11.9 Å². The average molecular weight is 369 g/mol. The fraction of sp³-hybridized carbons (Fsp3) is 0.222. The second-order valence-corrected chi connectivity index (χ2v) is 6.72. The zero-order chi connectivity index (χ0) is 18.5. The molecule has 8 heteroatoms. The van der Waals surface area contributed by atoms with Gasteiger partial charge in [-0.05, 0) is 42.7 Å². The number of nitrogens with one attached hydrogen (secondary N) is 2. The van der Waals surface area contributed by atoms with E-state index in [1.54, 1.807) is 36.3 Å². The first-order valence-electron chi connectivity index (χ1n) is 8.08. The molecule has 1 atom stereocenters. The van der Waals surface area contributed by atoms with Gasteiger partial charge in [-0.2, -0.15) is 11.8 Å². The molecule has 3 rings (SSSR count). The molecule has 2 amide bonds. The van der Waals surface area contributed by atoms with Crippen LogP contribution >= 0.6 is 11.8 Å². The highest BCUT2D eigenvalue weighted by molar-refractivity contribution is 7.98. The summed E-state index contributed by atoms with van der Waals surface area (Å²) in [6.45, 7) is 0. The lowest BCUT2D eigenvalue weighted by atomic mass is 10.1. The molecule has 26 heavy (non-hydrogen) atoms. The third-order valence-electron chi connectivity index (χ3n) is 3.97. The highest BCUT2D eigenvalue weighted by Crippen LogP contribution is 2.22. The van der Waals surface area contributed by atoms with E-state index in [0.29, 0.717) is 23.3 Å². The number of nitrogens with two attached hydrogens (primary N) is 1. The third-order valence-corrected chi connectivity index (χ3v) is 4.61. The van der Waals surface area contributed by atoms with Crippen LogP contribution in [-0.4, -0.2) is 44.8 Å². The number of carbonyl (C=O) groups excluding carboxylic acids is 2. The van der Waals surface area contributed by atoms with E-state index in [-0.39, 0.29) is 5.91 Å². The quantitative estimate of drug-likeness (QED) is 0.589. The van der Waals surface area contributed by atoms with Gasteiger partial charge in [0.25, 0.3) is 5.91 Å². The molecule has 0 radical (unpaired) electrons. The van der Waals surface area contributed by atoms with Gasteiger partial charge in [-0.15, -0.1) is 0 Å². The lowest BCUT2D eigenvalue weighted by molar-refractivity contribution is -0.119. The van der Waals surface area contributed by atoms with Crippen LogP contribution in [0.25, 0.3) is 22.4 Å². The summed E-state index contributed by atoms with van der Waals surface area (Å²) in [5, 5.41) is 2.72. The third kappa shape index (κ3) is 3.85. The molecule has 0 saturated heterocycles. The topological polar surface area (TPSA) is 114 Å². The van der Waals surface area contributed by atoms with Crippen LogP contribution in [0.5, 0.6) is 0 Å². The van der Waals surface area contributed by atoms with Gasteiger partial charge in [0.05, 0.1) is 11.1 Å². The van der Waals surface area contributed by atoms with Crippen molar-refractivity contribution < 1.29 is 9.59 Å². The molecular weight excluding hydrogens is 350 g/mol. The van der Waals surface area contributed by atoms with Crippen LogP contribution in [0.4, 0.5) is 0 Å². The minimum atomic E-state index is -0.705. The Morgan fingerprint density at radius 1 is 1.27 bits per heavy atom. The molecule has 0 bridgehead atoms. The Kier molecular flexibility index (Phi) is 5.52. The maximum absolute atomic E-state index is 12.7. The number of H-pyrrole nitrogens is 1. The van der Waals surface area contributed by atoms with Crippen LogP contribution in [-0.2, 0) is 4.79 Å². The minimum absolute atomic E-state index is 0.367. The first kappa shape index (κ1) is 17.9. The predicted octanol–water partition coefficient (Wildman–Crippen LogP) is 1.96. The van der Waals surface area contributed by atoms with E-state index in [4.69, 9.17) is 5.73 Å². The van der Waals surface area contributed by atoms with E-state index in [9.17, 15) is 9.59 Å². The van der Waals surface area contributed by atoms with Crippen LogP contribution in [0.1, 0.15) is 16.8 Å². The first-order valence-corrected chi connectivity index (χ1v) is 9.47. The van der Waals surface area contributed by atoms with E-state index >= 15 is 0 Å². The summed E-state index contributed by atoms with van der Waals surface area (Å²) in [6, 6.07) is 8.27. The van der Waals surface area contributed by atoms with Crippen molar-refractivity contribution in [2.75, 3.05) is 12.0 Å². The molecule has 0 aliphatic heterocycles. The zero-order valence-corrected chi connectivity index (χ0v) is 15.0. The van der Waals surface area contributed by atoms with Crippen LogP contribution in [0.3, 0.4) is 0 Å². The zero-order valence-electron chi connectivity index (χ0n) is 14.2. The number of carbonyl (C=O) groups is 2. The molecule has 1 unspecified atom stereocenters. The number of thioether (sulfide) groups is 1. The van der Waals surface area contributed by atoms with Gasteiger partial charge >= 0.3 is 0 Å². The number of imidazole rings is 1. The van der Waals surface area contributed by atoms with E-state index in [2.05, 4.69) is 20.3 Å². The Bertz CT molecular complexity index is 926. The normalized spacial score (nSPS) is 12.0. The lowest BCUT2D eigenvalue weighted by Gasteiger charge is -2.15. The van der Waals surface area contributed by atoms with Gasteiger partial charge in [-0.1, -0.05) is 6.07 Å². The molecule has 0 saturated carbocycles. The predicted molar refractivity (Wildman–Crippen MR) is 103 cm³/mol. The van der Waals surface area contributed by atoms with Gasteiger partial charge in [-0.25, -0.2) is 4.98 Å². The Labute approximate surface area is 154 Å². The van der Waals surface area contributed by atoms with Crippen molar-refractivity contribution in [2.45, 2.75) is 12.5 Å². The van der Waals surface area contributed by atoms with E-state index in [1.807, 2.05) is 24.5 Å². The number of aromatic amines is 1. The lowest BCUT2D eigenvalue weighted by Crippen LogP contribution is -2.44. The largest absolute Gasteiger partial charge is 0.368 e. The number of nitrogens with zero attached hydrogens (tertiary/aromatic N) is 2. The van der Waals surface area contributed by atoms with E-state index in [0.717, 1.165) is 16.8 Å². The summed E-state index contributed by atoms with van der Waals surface area (Å²) in [4.78, 5) is 36.0. The summed E-state index contributed by atoms with van der Waals surface area (Å²) in [6.07, 6.45) is 5.78. The number of benzene rings is 1. The van der Waals surface area contributed by atoms with Gasteiger partial charge in [0.1, 0.15) is 17.4 Å². The minimum Gasteiger partial charge on any atom is -0.368 e. The SMILES string of the molecule is CSCCC(NC(=O)c1cccc2[nH]c(-c3ccncc3)nc12)C(N)=O. The van der Waals surface area contributed by atoms with Crippen molar-refractivity contribution in [1.82, 2.24) is 20.3 Å². The van der Waals surface area contributed by atoms with Crippen molar-refractivity contribution in [1.29, 1.82) is 0 Å². The Morgan fingerprint density at radius 3 is 2.73 bits per heavy atom. The summed E-state index contributed by atoms with van der Waals surface area (Å²) in [7, 11) is 0. The number of primary amides is 1. The highest BCUT2D eigenvalue weighted by atomic mass is 32.2. The van der Waals surface area contributed by atoms with Crippen LogP contribution in [0.2, 0.25) is 0 Å². The Balaban J connectivity index is 1.91. The van der Waals surface area contributed by atoms with Crippen LogP contribution in [0.15, 0.2) is 42.7 Å². The van der Waals surface area contributed by atoms with Crippen molar-refractivity contribution >= 4 is 34.6 Å². The van der Waals surface area contributed by atoms with Gasteiger partial charge in [-0.3, -0.25) is 14.6 Å².